The Hall–Kier alpha value is -2.82. The van der Waals surface area contributed by atoms with E-state index in [9.17, 15) is 0 Å². The van der Waals surface area contributed by atoms with E-state index in [0.29, 0.717) is 5.82 Å². The summed E-state index contributed by atoms with van der Waals surface area (Å²) in [7, 11) is 5.19. The van der Waals surface area contributed by atoms with Gasteiger partial charge in [-0.15, -0.1) is 0 Å². The lowest BCUT2D eigenvalue weighted by molar-refractivity contribution is 0.414. The maximum Gasteiger partial charge on any atom is 0.181 e. The highest BCUT2D eigenvalue weighted by Gasteiger charge is 2.11. The molecule has 0 N–H and O–H groups in total. The zero-order valence-corrected chi connectivity index (χ0v) is 12.8. The van der Waals surface area contributed by atoms with Gasteiger partial charge in [0.05, 0.1) is 14.2 Å². The molecule has 0 saturated carbocycles. The predicted molar refractivity (Wildman–Crippen MR) is 85.0 cm³/mol. The van der Waals surface area contributed by atoms with E-state index in [1.165, 1.54) is 0 Å². The highest BCUT2D eigenvalue weighted by molar-refractivity contribution is 5.62. The van der Waals surface area contributed by atoms with Gasteiger partial charge in [0.25, 0.3) is 0 Å². The lowest BCUT2D eigenvalue weighted by atomic mass is 10.2. The van der Waals surface area contributed by atoms with Crippen LogP contribution < -0.4 is 9.47 Å². The van der Waals surface area contributed by atoms with Gasteiger partial charge < -0.3 is 9.47 Å². The summed E-state index contributed by atoms with van der Waals surface area (Å²) in [6, 6.07) is 15.5. The molecule has 0 aliphatic rings. The van der Waals surface area contributed by atoms with Crippen LogP contribution >= 0.6 is 0 Å². The summed E-state index contributed by atoms with van der Waals surface area (Å²) in [5.41, 5.74) is 1.95. The van der Waals surface area contributed by atoms with Gasteiger partial charge in [0.1, 0.15) is 11.5 Å². The van der Waals surface area contributed by atoms with Gasteiger partial charge in [-0.05, 0) is 48.5 Å². The summed E-state index contributed by atoms with van der Waals surface area (Å²) >= 11 is 0. The number of nitrogens with zero attached hydrogens (tertiary/aromatic N) is 3. The maximum atomic E-state index is 5.18. The molecular formula is C17H17N3O2. The molecule has 1 heterocycles. The minimum absolute atomic E-state index is 0.691. The molecule has 5 heteroatoms. The first-order valence-corrected chi connectivity index (χ1v) is 6.91. The number of aromatic nitrogens is 3. The first kappa shape index (κ1) is 14.1. The number of methoxy groups -OCH3 is 2. The lowest BCUT2D eigenvalue weighted by Crippen LogP contribution is -1.94. The van der Waals surface area contributed by atoms with Crippen molar-refractivity contribution in [3.05, 3.63) is 48.5 Å². The first-order valence-electron chi connectivity index (χ1n) is 6.91. The Morgan fingerprint density at radius 2 is 1.27 bits per heavy atom. The highest BCUT2D eigenvalue weighted by Crippen LogP contribution is 2.24. The first-order chi connectivity index (χ1) is 10.7. The van der Waals surface area contributed by atoms with Crippen molar-refractivity contribution in [3.8, 4) is 34.3 Å². The van der Waals surface area contributed by atoms with Crippen molar-refractivity contribution in [2.45, 2.75) is 0 Å². The molecule has 0 unspecified atom stereocenters. The second-order valence-corrected chi connectivity index (χ2v) is 4.84. The molecule has 0 amide bonds. The van der Waals surface area contributed by atoms with Gasteiger partial charge in [-0.3, -0.25) is 0 Å². The van der Waals surface area contributed by atoms with Gasteiger partial charge in [0.15, 0.2) is 11.6 Å². The van der Waals surface area contributed by atoms with Crippen LogP contribution in [-0.4, -0.2) is 29.0 Å². The number of ether oxygens (including phenoxy) is 2. The average molecular weight is 295 g/mol. The number of aryl methyl sites for hydroxylation is 1. The van der Waals surface area contributed by atoms with Crippen LogP contribution in [0.1, 0.15) is 0 Å². The lowest BCUT2D eigenvalue weighted by Gasteiger charge is -2.02. The smallest absolute Gasteiger partial charge is 0.181 e. The molecule has 1 aromatic heterocycles. The number of benzene rings is 2. The summed E-state index contributed by atoms with van der Waals surface area (Å²) in [5, 5.41) is 4.49. The Labute approximate surface area is 129 Å². The van der Waals surface area contributed by atoms with Crippen molar-refractivity contribution >= 4 is 0 Å². The minimum atomic E-state index is 0.691. The molecule has 0 bridgehead atoms. The predicted octanol–water partition coefficient (Wildman–Crippen LogP) is 3.17. The zero-order valence-electron chi connectivity index (χ0n) is 12.8. The monoisotopic (exact) mass is 295 g/mol. The Morgan fingerprint density at radius 1 is 0.773 bits per heavy atom. The molecule has 0 radical (unpaired) electrons. The topological polar surface area (TPSA) is 49.2 Å². The Kier molecular flexibility index (Phi) is 3.78. The summed E-state index contributed by atoms with van der Waals surface area (Å²) in [5.74, 6) is 3.14. The third-order valence-corrected chi connectivity index (χ3v) is 3.46. The highest BCUT2D eigenvalue weighted by atomic mass is 16.5. The molecule has 3 aromatic rings. The molecule has 0 fully saturated rings. The van der Waals surface area contributed by atoms with Crippen LogP contribution in [0.2, 0.25) is 0 Å². The Balaban J connectivity index is 1.95. The minimum Gasteiger partial charge on any atom is -0.497 e. The molecule has 5 nitrogen and oxygen atoms in total. The fourth-order valence-corrected chi connectivity index (χ4v) is 2.24. The van der Waals surface area contributed by atoms with Gasteiger partial charge in [-0.2, -0.15) is 5.10 Å². The van der Waals surface area contributed by atoms with Crippen LogP contribution in [0.3, 0.4) is 0 Å². The van der Waals surface area contributed by atoms with E-state index in [4.69, 9.17) is 9.47 Å². The van der Waals surface area contributed by atoms with E-state index in [1.54, 1.807) is 18.9 Å². The normalized spacial score (nSPS) is 10.5. The van der Waals surface area contributed by atoms with Crippen molar-refractivity contribution in [1.82, 2.24) is 14.8 Å². The number of rotatable bonds is 4. The van der Waals surface area contributed by atoms with E-state index in [2.05, 4.69) is 10.1 Å². The van der Waals surface area contributed by atoms with Crippen LogP contribution in [0.5, 0.6) is 11.5 Å². The molecule has 112 valence electrons. The standard InChI is InChI=1S/C17H17N3O2/c1-20-17(13-6-10-15(22-3)11-7-13)18-16(19-20)12-4-8-14(21-2)9-5-12/h4-11H,1-3H3. The van der Waals surface area contributed by atoms with Gasteiger partial charge >= 0.3 is 0 Å². The van der Waals surface area contributed by atoms with Crippen molar-refractivity contribution < 1.29 is 9.47 Å². The van der Waals surface area contributed by atoms with E-state index < -0.39 is 0 Å². The zero-order chi connectivity index (χ0) is 15.5. The van der Waals surface area contributed by atoms with Crippen LogP contribution in [0.4, 0.5) is 0 Å². The molecular weight excluding hydrogens is 278 g/mol. The quantitative estimate of drug-likeness (QED) is 0.742. The van der Waals surface area contributed by atoms with Crippen LogP contribution in [0.15, 0.2) is 48.5 Å². The van der Waals surface area contributed by atoms with E-state index in [-0.39, 0.29) is 0 Å². The Bertz CT molecular complexity index is 762. The van der Waals surface area contributed by atoms with Crippen molar-refractivity contribution in [3.63, 3.8) is 0 Å². The van der Waals surface area contributed by atoms with Crippen molar-refractivity contribution in [2.75, 3.05) is 14.2 Å². The number of hydrogen-bond donors (Lipinski definition) is 0. The fourth-order valence-electron chi connectivity index (χ4n) is 2.24. The van der Waals surface area contributed by atoms with Gasteiger partial charge in [0.2, 0.25) is 0 Å². The van der Waals surface area contributed by atoms with E-state index in [1.807, 2.05) is 55.6 Å². The molecule has 2 aromatic carbocycles. The molecule has 0 spiro atoms. The average Bonchev–Trinajstić information content (AvgIpc) is 2.97. The summed E-state index contributed by atoms with van der Waals surface area (Å²) in [4.78, 5) is 4.63. The maximum absolute atomic E-state index is 5.18. The third kappa shape index (κ3) is 2.65. The molecule has 22 heavy (non-hydrogen) atoms. The van der Waals surface area contributed by atoms with Crippen LogP contribution in [0.25, 0.3) is 22.8 Å². The molecule has 3 rings (SSSR count). The van der Waals surface area contributed by atoms with E-state index >= 15 is 0 Å². The SMILES string of the molecule is COc1ccc(-c2nc(-c3ccc(OC)cc3)n(C)n2)cc1. The Morgan fingerprint density at radius 3 is 1.77 bits per heavy atom. The van der Waals surface area contributed by atoms with Crippen LogP contribution in [-0.2, 0) is 7.05 Å². The molecule has 0 aliphatic heterocycles. The summed E-state index contributed by atoms with van der Waals surface area (Å²) < 4.78 is 12.1. The van der Waals surface area contributed by atoms with Crippen LogP contribution in [0, 0.1) is 0 Å². The van der Waals surface area contributed by atoms with Crippen molar-refractivity contribution in [1.29, 1.82) is 0 Å². The third-order valence-electron chi connectivity index (χ3n) is 3.46. The van der Waals surface area contributed by atoms with Gasteiger partial charge in [-0.25, -0.2) is 9.67 Å². The molecule has 0 atom stereocenters. The molecule has 0 saturated heterocycles. The largest absolute Gasteiger partial charge is 0.497 e. The number of hydrogen-bond acceptors (Lipinski definition) is 4. The molecule has 0 aliphatic carbocycles. The van der Waals surface area contributed by atoms with Gasteiger partial charge in [0, 0.05) is 18.2 Å². The van der Waals surface area contributed by atoms with Crippen molar-refractivity contribution in [2.24, 2.45) is 7.05 Å². The second-order valence-electron chi connectivity index (χ2n) is 4.84. The second kappa shape index (κ2) is 5.89. The fraction of sp³-hybridized carbons (Fsp3) is 0.176. The summed E-state index contributed by atoms with van der Waals surface area (Å²) in [6.45, 7) is 0. The summed E-state index contributed by atoms with van der Waals surface area (Å²) in [6.07, 6.45) is 0. The van der Waals surface area contributed by atoms with E-state index in [0.717, 1.165) is 28.5 Å². The van der Waals surface area contributed by atoms with Gasteiger partial charge in [-0.1, -0.05) is 0 Å².